The first kappa shape index (κ1) is 26.5. The van der Waals surface area contributed by atoms with Crippen molar-refractivity contribution < 1.29 is 4.92 Å². The van der Waals surface area contributed by atoms with Crippen molar-refractivity contribution in [1.29, 1.82) is 0 Å². The van der Waals surface area contributed by atoms with E-state index in [9.17, 15) is 10.1 Å². The highest BCUT2D eigenvalue weighted by Gasteiger charge is 2.37. The van der Waals surface area contributed by atoms with E-state index in [4.69, 9.17) is 0 Å². The van der Waals surface area contributed by atoms with Crippen LogP contribution in [-0.2, 0) is 12.3 Å². The first-order valence-corrected chi connectivity index (χ1v) is 13.6. The molecular weight excluding hydrogens is 396 g/mol. The lowest BCUT2D eigenvalue weighted by molar-refractivity contribution is -0.384. The van der Waals surface area contributed by atoms with E-state index in [0.29, 0.717) is 0 Å². The topological polar surface area (TPSA) is 43.1 Å². The first-order valence-electron chi connectivity index (χ1n) is 10.6. The van der Waals surface area contributed by atoms with E-state index >= 15 is 0 Å². The second-order valence-electron chi connectivity index (χ2n) is 12.1. The minimum absolute atomic E-state index is 0.189. The van der Waals surface area contributed by atoms with Crippen LogP contribution in [0, 0.1) is 10.1 Å². The Morgan fingerprint density at radius 2 is 1.03 bits per heavy atom. The standard InChI is InChI=1S/C24H43NO2P2/c1-21(2,3)28(22(4,5)6)16-18-13-14-20(25(26)27)15-19(18)17-29(23(7,8)9)24(10,11)12/h13-15H,16-17H2,1-12H3. The molecule has 0 aliphatic rings. The Labute approximate surface area is 182 Å². The molecule has 5 heteroatoms. The van der Waals surface area contributed by atoms with Gasteiger partial charge in [0.1, 0.15) is 0 Å². The quantitative estimate of drug-likeness (QED) is 0.261. The third-order valence-corrected chi connectivity index (χ3v) is 13.1. The SMILES string of the molecule is CC(C)(C)P(Cc1ccc([N+](=O)[O-])cc1CP(C(C)(C)C)C(C)(C)C)C(C)(C)C. The van der Waals surface area contributed by atoms with Gasteiger partial charge in [-0.25, -0.2) is 0 Å². The summed E-state index contributed by atoms with van der Waals surface area (Å²) in [6, 6.07) is 5.61. The molecule has 0 spiro atoms. The van der Waals surface area contributed by atoms with Gasteiger partial charge in [-0.05, 0) is 44.1 Å². The van der Waals surface area contributed by atoms with Gasteiger partial charge in [-0.1, -0.05) is 105 Å². The van der Waals surface area contributed by atoms with Gasteiger partial charge in [0, 0.05) is 12.1 Å². The monoisotopic (exact) mass is 439 g/mol. The summed E-state index contributed by atoms with van der Waals surface area (Å²) in [5.74, 6) is 0. The Balaban J connectivity index is 3.52. The third-order valence-electron chi connectivity index (χ3n) is 5.30. The van der Waals surface area contributed by atoms with E-state index < -0.39 is 0 Å². The van der Waals surface area contributed by atoms with Crippen LogP contribution in [0.1, 0.15) is 94.2 Å². The van der Waals surface area contributed by atoms with Crippen LogP contribution in [0.15, 0.2) is 18.2 Å². The van der Waals surface area contributed by atoms with E-state index in [1.54, 1.807) is 6.07 Å². The zero-order valence-corrected chi connectivity index (χ0v) is 22.6. The number of nitro benzene ring substituents is 1. The fourth-order valence-electron chi connectivity index (χ4n) is 4.33. The van der Waals surface area contributed by atoms with Crippen molar-refractivity contribution in [2.75, 3.05) is 0 Å². The number of non-ortho nitro benzene ring substituents is 1. The molecule has 1 aromatic carbocycles. The van der Waals surface area contributed by atoms with E-state index in [1.165, 1.54) is 11.1 Å². The maximum Gasteiger partial charge on any atom is 0.269 e. The highest BCUT2D eigenvalue weighted by atomic mass is 31.1. The van der Waals surface area contributed by atoms with Crippen LogP contribution in [0.5, 0.6) is 0 Å². The number of rotatable bonds is 5. The summed E-state index contributed by atoms with van der Waals surface area (Å²) in [4.78, 5) is 11.2. The number of nitrogens with zero attached hydrogens (tertiary/aromatic N) is 1. The molecule has 0 heterocycles. The molecule has 0 atom stereocenters. The Morgan fingerprint density at radius 3 is 1.34 bits per heavy atom. The van der Waals surface area contributed by atoms with Crippen molar-refractivity contribution in [1.82, 2.24) is 0 Å². The molecule has 0 aliphatic heterocycles. The van der Waals surface area contributed by atoms with Crippen LogP contribution in [0.2, 0.25) is 0 Å². The Morgan fingerprint density at radius 1 is 0.690 bits per heavy atom. The summed E-state index contributed by atoms with van der Waals surface area (Å²) < 4.78 is 0. The molecule has 0 bridgehead atoms. The van der Waals surface area contributed by atoms with Gasteiger partial charge < -0.3 is 0 Å². The largest absolute Gasteiger partial charge is 0.269 e. The molecule has 166 valence electrons. The van der Waals surface area contributed by atoms with Crippen LogP contribution < -0.4 is 0 Å². The van der Waals surface area contributed by atoms with Gasteiger partial charge in [-0.2, -0.15) is 0 Å². The minimum atomic E-state index is -0.363. The molecule has 0 saturated carbocycles. The number of hydrogen-bond acceptors (Lipinski definition) is 2. The average Bonchev–Trinajstić information content (AvgIpc) is 2.45. The third kappa shape index (κ3) is 7.59. The summed E-state index contributed by atoms with van der Waals surface area (Å²) in [6.07, 6.45) is 1.96. The van der Waals surface area contributed by atoms with Crippen LogP contribution in [-0.4, -0.2) is 25.5 Å². The Hall–Kier alpha value is -0.520. The fourth-order valence-corrected chi connectivity index (χ4v) is 11.5. The number of nitro groups is 1. The number of benzene rings is 1. The van der Waals surface area contributed by atoms with Gasteiger partial charge in [0.25, 0.3) is 5.69 Å². The number of hydrogen-bond donors (Lipinski definition) is 0. The summed E-state index contributed by atoms with van der Waals surface area (Å²) in [5.41, 5.74) is 2.72. The molecule has 0 amide bonds. The molecule has 0 fully saturated rings. The zero-order chi connectivity index (χ0) is 23.0. The first-order chi connectivity index (χ1) is 12.7. The van der Waals surface area contributed by atoms with Crippen molar-refractivity contribution >= 4 is 21.5 Å². The van der Waals surface area contributed by atoms with E-state index in [0.717, 1.165) is 12.3 Å². The minimum Gasteiger partial charge on any atom is -0.258 e. The van der Waals surface area contributed by atoms with Crippen molar-refractivity contribution in [3.8, 4) is 0 Å². The summed E-state index contributed by atoms with van der Waals surface area (Å²) in [7, 11) is -0.668. The molecule has 0 radical (unpaired) electrons. The second kappa shape index (κ2) is 8.92. The van der Waals surface area contributed by atoms with E-state index in [1.807, 2.05) is 12.1 Å². The van der Waals surface area contributed by atoms with Gasteiger partial charge in [0.2, 0.25) is 0 Å². The Bertz CT molecular complexity index is 688. The maximum atomic E-state index is 11.5. The second-order valence-corrected chi connectivity index (χ2v) is 19.8. The highest BCUT2D eigenvalue weighted by Crippen LogP contribution is 2.64. The van der Waals surface area contributed by atoms with Gasteiger partial charge in [0.05, 0.1) is 4.92 Å². The lowest BCUT2D eigenvalue weighted by atomic mass is 10.1. The molecule has 3 nitrogen and oxygen atoms in total. The smallest absolute Gasteiger partial charge is 0.258 e. The van der Waals surface area contributed by atoms with Crippen molar-refractivity contribution in [2.24, 2.45) is 0 Å². The molecule has 0 saturated heterocycles. The van der Waals surface area contributed by atoms with Gasteiger partial charge in [0.15, 0.2) is 0 Å². The van der Waals surface area contributed by atoms with Crippen molar-refractivity contribution in [3.63, 3.8) is 0 Å². The van der Waals surface area contributed by atoms with E-state index in [-0.39, 0.29) is 47.1 Å². The lowest BCUT2D eigenvalue weighted by Crippen LogP contribution is -2.27. The van der Waals surface area contributed by atoms with Crippen LogP contribution >= 0.6 is 15.8 Å². The summed E-state index contributed by atoms with van der Waals surface area (Å²) >= 11 is 0. The van der Waals surface area contributed by atoms with E-state index in [2.05, 4.69) is 83.1 Å². The van der Waals surface area contributed by atoms with Crippen LogP contribution in [0.25, 0.3) is 0 Å². The molecule has 0 N–H and O–H groups in total. The molecule has 0 aliphatic carbocycles. The maximum absolute atomic E-state index is 11.5. The van der Waals surface area contributed by atoms with Gasteiger partial charge >= 0.3 is 0 Å². The summed E-state index contributed by atoms with van der Waals surface area (Å²) in [5, 5.41) is 12.3. The van der Waals surface area contributed by atoms with Crippen LogP contribution in [0.3, 0.4) is 0 Å². The van der Waals surface area contributed by atoms with Gasteiger partial charge in [-0.15, -0.1) is 0 Å². The lowest BCUT2D eigenvalue weighted by Gasteiger charge is -2.43. The fraction of sp³-hybridized carbons (Fsp3) is 0.750. The van der Waals surface area contributed by atoms with Gasteiger partial charge in [-0.3, -0.25) is 10.1 Å². The van der Waals surface area contributed by atoms with Crippen molar-refractivity contribution in [3.05, 3.63) is 39.4 Å². The Kier molecular flexibility index (Phi) is 8.15. The molecule has 0 unspecified atom stereocenters. The predicted octanol–water partition coefficient (Wildman–Crippen LogP) is 8.75. The van der Waals surface area contributed by atoms with Crippen LogP contribution in [0.4, 0.5) is 5.69 Å². The average molecular weight is 440 g/mol. The normalized spacial score (nSPS) is 14.0. The molecule has 0 aromatic heterocycles. The van der Waals surface area contributed by atoms with Crippen molar-refractivity contribution in [2.45, 2.75) is 116 Å². The summed E-state index contributed by atoms with van der Waals surface area (Å²) in [6.45, 7) is 27.9. The molecule has 1 aromatic rings. The predicted molar refractivity (Wildman–Crippen MR) is 133 cm³/mol. The molecular formula is C24H43NO2P2. The highest BCUT2D eigenvalue weighted by molar-refractivity contribution is 7.60. The molecule has 29 heavy (non-hydrogen) atoms. The zero-order valence-electron chi connectivity index (χ0n) is 20.8. The molecule has 1 rings (SSSR count).